The minimum absolute atomic E-state index is 0.0866. The molecule has 0 saturated carbocycles. The van der Waals surface area contributed by atoms with Crippen molar-refractivity contribution in [1.82, 2.24) is 10.3 Å². The minimum Gasteiger partial charge on any atom is -0.361 e. The number of hydrogen-bond donors (Lipinski definition) is 2. The number of halogens is 1. The van der Waals surface area contributed by atoms with Crippen LogP contribution in [0.25, 0.3) is 10.9 Å². The van der Waals surface area contributed by atoms with Gasteiger partial charge in [-0.15, -0.1) is 0 Å². The van der Waals surface area contributed by atoms with Crippen LogP contribution in [0.4, 0.5) is 0 Å². The molecule has 1 aromatic heterocycles. The van der Waals surface area contributed by atoms with Gasteiger partial charge in [-0.2, -0.15) is 0 Å². The second-order valence-corrected chi connectivity index (χ2v) is 7.57. The summed E-state index contributed by atoms with van der Waals surface area (Å²) in [4.78, 5) is 15.9. The average Bonchev–Trinajstić information content (AvgIpc) is 3.08. The lowest BCUT2D eigenvalue weighted by Gasteiger charge is -2.20. The lowest BCUT2D eigenvalue weighted by Crippen LogP contribution is -2.33. The predicted octanol–water partition coefficient (Wildman–Crippen LogP) is 5.61. The Hall–Kier alpha value is -2.07. The predicted molar refractivity (Wildman–Crippen MR) is 111 cm³/mol. The molecule has 26 heavy (non-hydrogen) atoms. The third kappa shape index (κ3) is 4.01. The first-order valence-electron chi connectivity index (χ1n) is 9.23. The zero-order chi connectivity index (χ0) is 18.5. The van der Waals surface area contributed by atoms with E-state index in [1.54, 1.807) is 0 Å². The Kier molecular flexibility index (Phi) is 6.15. The van der Waals surface area contributed by atoms with Gasteiger partial charge in [-0.1, -0.05) is 60.1 Å². The monoisotopic (exact) mass is 412 g/mol. The Labute approximate surface area is 163 Å². The number of aromatic amines is 1. The van der Waals surface area contributed by atoms with E-state index in [4.69, 9.17) is 0 Å². The van der Waals surface area contributed by atoms with E-state index < -0.39 is 0 Å². The summed E-state index contributed by atoms with van der Waals surface area (Å²) in [6, 6.07) is 16.7. The molecule has 0 bridgehead atoms. The number of benzene rings is 2. The molecule has 0 saturated heterocycles. The van der Waals surface area contributed by atoms with Gasteiger partial charge in [0.1, 0.15) is 0 Å². The van der Waals surface area contributed by atoms with Crippen LogP contribution in [0, 0.1) is 5.92 Å². The van der Waals surface area contributed by atoms with Crippen LogP contribution in [-0.4, -0.2) is 17.4 Å². The zero-order valence-corrected chi connectivity index (χ0v) is 16.8. The highest BCUT2D eigenvalue weighted by atomic mass is 79.9. The number of aromatic nitrogens is 1. The third-order valence-corrected chi connectivity index (χ3v) is 5.63. The quantitative estimate of drug-likeness (QED) is 0.519. The van der Waals surface area contributed by atoms with Crippen LogP contribution in [0.3, 0.4) is 0 Å². The van der Waals surface area contributed by atoms with Gasteiger partial charge in [0.25, 0.3) is 0 Å². The number of amides is 1. The van der Waals surface area contributed by atoms with Crippen molar-refractivity contribution in [2.45, 2.75) is 32.6 Å². The van der Waals surface area contributed by atoms with Crippen LogP contribution in [0.5, 0.6) is 0 Å². The molecule has 2 N–H and O–H groups in total. The Balaban J connectivity index is 1.92. The van der Waals surface area contributed by atoms with E-state index in [0.717, 1.165) is 22.8 Å². The van der Waals surface area contributed by atoms with Gasteiger partial charge >= 0.3 is 0 Å². The van der Waals surface area contributed by atoms with Crippen molar-refractivity contribution >= 4 is 32.7 Å². The number of nitrogens with one attached hydrogen (secondary N) is 2. The van der Waals surface area contributed by atoms with Crippen LogP contribution in [0.2, 0.25) is 0 Å². The van der Waals surface area contributed by atoms with Crippen LogP contribution >= 0.6 is 15.9 Å². The number of hydrogen-bond acceptors (Lipinski definition) is 1. The minimum atomic E-state index is 0.0866. The second-order valence-electron chi connectivity index (χ2n) is 6.65. The van der Waals surface area contributed by atoms with Gasteiger partial charge in [0.15, 0.2) is 0 Å². The first kappa shape index (κ1) is 18.7. The van der Waals surface area contributed by atoms with Crippen molar-refractivity contribution in [2.75, 3.05) is 6.54 Å². The van der Waals surface area contributed by atoms with E-state index in [9.17, 15) is 4.79 Å². The molecule has 1 amide bonds. The second kappa shape index (κ2) is 8.54. The number of H-pyrrole nitrogens is 1. The molecule has 0 aliphatic heterocycles. The zero-order valence-electron chi connectivity index (χ0n) is 15.3. The Morgan fingerprint density at radius 1 is 1.08 bits per heavy atom. The van der Waals surface area contributed by atoms with Gasteiger partial charge in [-0.25, -0.2) is 0 Å². The molecule has 4 heteroatoms. The van der Waals surface area contributed by atoms with E-state index in [0.29, 0.717) is 6.54 Å². The van der Waals surface area contributed by atoms with Gasteiger partial charge in [-0.05, 0) is 42.2 Å². The highest BCUT2D eigenvalue weighted by Crippen LogP contribution is 2.31. The molecule has 2 aromatic carbocycles. The maximum atomic E-state index is 12.5. The van der Waals surface area contributed by atoms with Crippen LogP contribution in [0.1, 0.15) is 43.7 Å². The largest absolute Gasteiger partial charge is 0.361 e. The summed E-state index contributed by atoms with van der Waals surface area (Å²) in [6.45, 7) is 4.73. The molecule has 1 heterocycles. The normalized spacial score (nSPS) is 12.5. The Morgan fingerprint density at radius 3 is 2.46 bits per heavy atom. The van der Waals surface area contributed by atoms with Crippen molar-refractivity contribution in [3.05, 3.63) is 70.3 Å². The summed E-state index contributed by atoms with van der Waals surface area (Å²) in [6.07, 6.45) is 3.82. The third-order valence-electron chi connectivity index (χ3n) is 5.11. The van der Waals surface area contributed by atoms with Gasteiger partial charge in [0.05, 0.1) is 0 Å². The fraction of sp³-hybridized carbons (Fsp3) is 0.318. The smallest absolute Gasteiger partial charge is 0.223 e. The van der Waals surface area contributed by atoms with Crippen molar-refractivity contribution in [1.29, 1.82) is 0 Å². The lowest BCUT2D eigenvalue weighted by atomic mass is 9.90. The standard InChI is InChI=1S/C22H25BrN2O/c1-3-15(4-2)22(26)25-13-19(16-9-11-17(23)12-10-16)20-14-24-21-8-6-5-7-18(20)21/h5-12,14-15,19,24H,3-4,13H2,1-2H3,(H,25,26). The molecule has 136 valence electrons. The molecular weight excluding hydrogens is 388 g/mol. The summed E-state index contributed by atoms with van der Waals surface area (Å²) in [5.74, 6) is 0.345. The molecule has 0 radical (unpaired) electrons. The van der Waals surface area contributed by atoms with Gasteiger partial charge in [0, 0.05) is 40.0 Å². The van der Waals surface area contributed by atoms with Crippen LogP contribution in [-0.2, 0) is 4.79 Å². The molecule has 3 rings (SSSR count). The fourth-order valence-corrected chi connectivity index (χ4v) is 3.76. The topological polar surface area (TPSA) is 44.9 Å². The Bertz CT molecular complexity index is 865. The number of carbonyl (C=O) groups excluding carboxylic acids is 1. The van der Waals surface area contributed by atoms with E-state index in [1.165, 1.54) is 16.5 Å². The molecular formula is C22H25BrN2O. The highest BCUT2D eigenvalue weighted by Gasteiger charge is 2.21. The Morgan fingerprint density at radius 2 is 1.77 bits per heavy atom. The summed E-state index contributed by atoms with van der Waals surface area (Å²) in [7, 11) is 0. The van der Waals surface area contributed by atoms with Gasteiger partial charge in [0.2, 0.25) is 5.91 Å². The lowest BCUT2D eigenvalue weighted by molar-refractivity contribution is -0.125. The molecule has 0 spiro atoms. The first-order chi connectivity index (χ1) is 12.6. The summed E-state index contributed by atoms with van der Waals surface area (Å²) < 4.78 is 1.06. The van der Waals surface area contributed by atoms with Crippen molar-refractivity contribution in [3.63, 3.8) is 0 Å². The fourth-order valence-electron chi connectivity index (χ4n) is 3.49. The van der Waals surface area contributed by atoms with Crippen molar-refractivity contribution in [2.24, 2.45) is 5.92 Å². The number of para-hydroxylation sites is 1. The van der Waals surface area contributed by atoms with E-state index in [2.05, 4.69) is 88.7 Å². The number of carbonyl (C=O) groups is 1. The van der Waals surface area contributed by atoms with Crippen molar-refractivity contribution < 1.29 is 4.79 Å². The van der Waals surface area contributed by atoms with Gasteiger partial charge < -0.3 is 10.3 Å². The van der Waals surface area contributed by atoms with E-state index in [1.807, 2.05) is 6.07 Å². The molecule has 0 fully saturated rings. The van der Waals surface area contributed by atoms with E-state index in [-0.39, 0.29) is 17.7 Å². The highest BCUT2D eigenvalue weighted by molar-refractivity contribution is 9.10. The average molecular weight is 413 g/mol. The van der Waals surface area contributed by atoms with Crippen LogP contribution < -0.4 is 5.32 Å². The summed E-state index contributed by atoms with van der Waals surface area (Å²) in [5.41, 5.74) is 3.53. The first-order valence-corrected chi connectivity index (χ1v) is 10.0. The molecule has 0 aliphatic rings. The van der Waals surface area contributed by atoms with Gasteiger partial charge in [-0.3, -0.25) is 4.79 Å². The van der Waals surface area contributed by atoms with Crippen molar-refractivity contribution in [3.8, 4) is 0 Å². The summed E-state index contributed by atoms with van der Waals surface area (Å²) in [5, 5.41) is 4.39. The molecule has 3 aromatic rings. The van der Waals surface area contributed by atoms with Crippen LogP contribution in [0.15, 0.2) is 59.2 Å². The van der Waals surface area contributed by atoms with E-state index >= 15 is 0 Å². The number of fused-ring (bicyclic) bond motifs is 1. The molecule has 0 aliphatic carbocycles. The molecule has 3 nitrogen and oxygen atoms in total. The summed E-state index contributed by atoms with van der Waals surface area (Å²) >= 11 is 3.51. The SMILES string of the molecule is CCC(CC)C(=O)NCC(c1ccc(Br)cc1)c1c[nH]c2ccccc12. The maximum absolute atomic E-state index is 12.5. The maximum Gasteiger partial charge on any atom is 0.223 e. The number of rotatable bonds is 7. The molecule has 1 atom stereocenters. The molecule has 1 unspecified atom stereocenters.